The van der Waals surface area contributed by atoms with Crippen LogP contribution >= 0.6 is 21.6 Å². The average molecular weight is 518 g/mol. The van der Waals surface area contributed by atoms with Crippen molar-refractivity contribution >= 4 is 45.5 Å². The standard InChI is InChI=1S/C23H39N3O6S2/c1-21(2,3)31-18(28)16-14-34-33-13-15(26-20(30)32-22(4,5)6)17(27)24-12-11-23(19(29)25-16)9-7-8-10-23/h15-16H,7-14H2,1-6H3,(H,24,27)(H,25,29)(H,26,30)/t15-,16-/m0/s1. The molecule has 34 heavy (non-hydrogen) atoms. The first-order valence-corrected chi connectivity index (χ1v) is 14.3. The summed E-state index contributed by atoms with van der Waals surface area (Å²) >= 11 is 0. The van der Waals surface area contributed by atoms with Gasteiger partial charge in [0.05, 0.1) is 5.41 Å². The van der Waals surface area contributed by atoms with Crippen molar-refractivity contribution in [3.8, 4) is 0 Å². The van der Waals surface area contributed by atoms with Gasteiger partial charge in [0, 0.05) is 18.1 Å². The molecule has 1 aliphatic heterocycles. The number of alkyl carbamates (subject to hydrolysis) is 1. The van der Waals surface area contributed by atoms with Crippen molar-refractivity contribution in [1.29, 1.82) is 0 Å². The van der Waals surface area contributed by atoms with Gasteiger partial charge in [-0.3, -0.25) is 9.59 Å². The minimum Gasteiger partial charge on any atom is -0.458 e. The Balaban J connectivity index is 2.19. The van der Waals surface area contributed by atoms with Gasteiger partial charge in [0.15, 0.2) is 0 Å². The van der Waals surface area contributed by atoms with E-state index in [1.54, 1.807) is 41.5 Å². The second-order valence-electron chi connectivity index (χ2n) is 10.9. The van der Waals surface area contributed by atoms with Crippen molar-refractivity contribution < 1.29 is 28.7 Å². The molecule has 3 N–H and O–H groups in total. The number of nitrogens with one attached hydrogen (secondary N) is 3. The molecule has 0 aromatic heterocycles. The van der Waals surface area contributed by atoms with Crippen LogP contribution in [0.1, 0.15) is 73.6 Å². The molecule has 2 fully saturated rings. The Bertz CT molecular complexity index is 757. The molecule has 1 heterocycles. The largest absolute Gasteiger partial charge is 0.458 e. The fourth-order valence-corrected chi connectivity index (χ4v) is 6.22. The number of hydrogen-bond donors (Lipinski definition) is 3. The highest BCUT2D eigenvalue weighted by molar-refractivity contribution is 8.76. The first-order chi connectivity index (χ1) is 15.7. The Hall–Kier alpha value is -1.62. The smallest absolute Gasteiger partial charge is 0.408 e. The maximum atomic E-state index is 13.3. The lowest BCUT2D eigenvalue weighted by atomic mass is 9.81. The van der Waals surface area contributed by atoms with Crippen molar-refractivity contribution in [2.75, 3.05) is 18.1 Å². The number of carbonyl (C=O) groups is 4. The van der Waals surface area contributed by atoms with E-state index < -0.39 is 40.8 Å². The van der Waals surface area contributed by atoms with E-state index in [9.17, 15) is 19.2 Å². The third-order valence-electron chi connectivity index (χ3n) is 5.50. The van der Waals surface area contributed by atoms with Gasteiger partial charge >= 0.3 is 12.1 Å². The van der Waals surface area contributed by atoms with E-state index >= 15 is 0 Å². The number of ether oxygens (including phenoxy) is 2. The zero-order chi connectivity index (χ0) is 25.6. The molecule has 0 aromatic carbocycles. The van der Waals surface area contributed by atoms with Crippen molar-refractivity contribution in [2.45, 2.75) is 96.9 Å². The minimum absolute atomic E-state index is 0.164. The third-order valence-corrected chi connectivity index (χ3v) is 7.92. The molecule has 2 rings (SSSR count). The van der Waals surface area contributed by atoms with Crippen LogP contribution in [-0.4, -0.2) is 65.2 Å². The molecule has 0 bridgehead atoms. The minimum atomic E-state index is -0.809. The first-order valence-electron chi connectivity index (χ1n) is 11.8. The summed E-state index contributed by atoms with van der Waals surface area (Å²) in [6.45, 7) is 10.9. The van der Waals surface area contributed by atoms with E-state index in [-0.39, 0.29) is 23.3 Å². The maximum Gasteiger partial charge on any atom is 0.408 e. The van der Waals surface area contributed by atoms with Gasteiger partial charge in [0.2, 0.25) is 11.8 Å². The molecule has 1 spiro atoms. The van der Waals surface area contributed by atoms with Crippen LogP contribution in [0.15, 0.2) is 0 Å². The van der Waals surface area contributed by atoms with Gasteiger partial charge in [-0.2, -0.15) is 0 Å². The Labute approximate surface area is 210 Å². The van der Waals surface area contributed by atoms with Crippen molar-refractivity contribution in [3.63, 3.8) is 0 Å². The van der Waals surface area contributed by atoms with E-state index in [1.807, 2.05) is 0 Å². The Morgan fingerprint density at radius 2 is 1.53 bits per heavy atom. The summed E-state index contributed by atoms with van der Waals surface area (Å²) < 4.78 is 10.9. The lowest BCUT2D eigenvalue weighted by Gasteiger charge is -2.31. The van der Waals surface area contributed by atoms with Crippen LogP contribution in [0.3, 0.4) is 0 Å². The molecule has 194 valence electrons. The molecule has 0 aromatic rings. The van der Waals surface area contributed by atoms with Crippen LogP contribution in [0, 0.1) is 5.41 Å². The molecule has 1 saturated carbocycles. The normalized spacial score (nSPS) is 24.6. The van der Waals surface area contributed by atoms with Gasteiger partial charge in [-0.1, -0.05) is 34.4 Å². The van der Waals surface area contributed by atoms with E-state index in [2.05, 4.69) is 16.0 Å². The van der Waals surface area contributed by atoms with E-state index in [0.29, 0.717) is 25.8 Å². The predicted molar refractivity (Wildman–Crippen MR) is 134 cm³/mol. The molecule has 2 atom stereocenters. The number of carbonyl (C=O) groups excluding carboxylic acids is 4. The van der Waals surface area contributed by atoms with Crippen molar-refractivity contribution in [2.24, 2.45) is 5.41 Å². The number of rotatable bonds is 2. The molecule has 0 radical (unpaired) electrons. The fourth-order valence-electron chi connectivity index (χ4n) is 3.91. The van der Waals surface area contributed by atoms with Crippen LogP contribution < -0.4 is 16.0 Å². The lowest BCUT2D eigenvalue weighted by Crippen LogP contribution is -2.52. The summed E-state index contributed by atoms with van der Waals surface area (Å²) in [7, 11) is 2.68. The summed E-state index contributed by atoms with van der Waals surface area (Å²) in [6, 6.07) is -1.61. The van der Waals surface area contributed by atoms with Crippen molar-refractivity contribution in [1.82, 2.24) is 16.0 Å². The topological polar surface area (TPSA) is 123 Å². The molecule has 0 unspecified atom stereocenters. The van der Waals surface area contributed by atoms with Gasteiger partial charge in [-0.15, -0.1) is 0 Å². The zero-order valence-electron chi connectivity index (χ0n) is 21.1. The molecule has 3 amide bonds. The summed E-state index contributed by atoms with van der Waals surface area (Å²) in [6.07, 6.45) is 3.05. The van der Waals surface area contributed by atoms with Crippen LogP contribution in [0.2, 0.25) is 0 Å². The summed E-state index contributed by atoms with van der Waals surface area (Å²) in [5.41, 5.74) is -1.99. The molecule has 1 aliphatic carbocycles. The highest BCUT2D eigenvalue weighted by Gasteiger charge is 2.43. The Morgan fingerprint density at radius 3 is 2.12 bits per heavy atom. The van der Waals surface area contributed by atoms with Gasteiger partial charge in [0.25, 0.3) is 0 Å². The molecule has 9 nitrogen and oxygen atoms in total. The molecule has 11 heteroatoms. The number of hydrogen-bond acceptors (Lipinski definition) is 8. The number of esters is 1. The van der Waals surface area contributed by atoms with E-state index in [0.717, 1.165) is 12.8 Å². The Morgan fingerprint density at radius 1 is 0.941 bits per heavy atom. The molecule has 2 aliphatic rings. The van der Waals surface area contributed by atoms with Gasteiger partial charge < -0.3 is 25.4 Å². The summed E-state index contributed by atoms with van der Waals surface area (Å²) in [5, 5.41) is 8.46. The first kappa shape index (κ1) is 28.6. The SMILES string of the molecule is CC(C)(C)OC(=O)N[C@H]1CSSC[C@@H](C(=O)OC(C)(C)C)NC(=O)C2(CCCC2)CCNC1=O. The second-order valence-corrected chi connectivity index (χ2v) is 13.4. The van der Waals surface area contributed by atoms with Crippen molar-refractivity contribution in [3.05, 3.63) is 0 Å². The summed E-state index contributed by atoms with van der Waals surface area (Å²) in [5.74, 6) is -0.411. The van der Waals surface area contributed by atoms with Crippen LogP contribution in [0.4, 0.5) is 4.79 Å². The highest BCUT2D eigenvalue weighted by Crippen LogP contribution is 2.41. The highest BCUT2D eigenvalue weighted by atomic mass is 33.1. The monoisotopic (exact) mass is 517 g/mol. The van der Waals surface area contributed by atoms with Crippen LogP contribution in [0.25, 0.3) is 0 Å². The average Bonchev–Trinajstić information content (AvgIpc) is 3.16. The third kappa shape index (κ3) is 9.20. The summed E-state index contributed by atoms with van der Waals surface area (Å²) in [4.78, 5) is 51.3. The molecular formula is C23H39N3O6S2. The number of amides is 3. The second kappa shape index (κ2) is 11.9. The van der Waals surface area contributed by atoms with Gasteiger partial charge in [-0.05, 0) is 60.8 Å². The van der Waals surface area contributed by atoms with Gasteiger partial charge in [0.1, 0.15) is 23.3 Å². The molecule has 1 saturated heterocycles. The maximum absolute atomic E-state index is 13.3. The van der Waals surface area contributed by atoms with E-state index in [1.165, 1.54) is 21.6 Å². The quantitative estimate of drug-likeness (QED) is 0.377. The van der Waals surface area contributed by atoms with Crippen LogP contribution in [0.5, 0.6) is 0 Å². The van der Waals surface area contributed by atoms with Crippen LogP contribution in [-0.2, 0) is 23.9 Å². The Kier molecular flexibility index (Phi) is 10.00. The molecular weight excluding hydrogens is 478 g/mol. The van der Waals surface area contributed by atoms with E-state index in [4.69, 9.17) is 9.47 Å². The zero-order valence-corrected chi connectivity index (χ0v) is 22.7. The predicted octanol–water partition coefficient (Wildman–Crippen LogP) is 3.17. The fraction of sp³-hybridized carbons (Fsp3) is 0.826. The van der Waals surface area contributed by atoms with Gasteiger partial charge in [-0.25, -0.2) is 9.59 Å². The lowest BCUT2D eigenvalue weighted by molar-refractivity contribution is -0.158.